The van der Waals surface area contributed by atoms with Gasteiger partial charge in [-0.15, -0.1) is 0 Å². The fraction of sp³-hybridized carbons (Fsp3) is 0.478. The molecule has 0 radical (unpaired) electrons. The molecule has 3 rings (SSSR count). The number of hydrogen-bond acceptors (Lipinski definition) is 4. The number of nitrogens with zero attached hydrogens (tertiary/aromatic N) is 1. The van der Waals surface area contributed by atoms with Crippen LogP contribution in [-0.2, 0) is 17.9 Å². The van der Waals surface area contributed by atoms with Crippen LogP contribution in [0.1, 0.15) is 43.2 Å². The fourth-order valence-electron chi connectivity index (χ4n) is 3.87. The van der Waals surface area contributed by atoms with Crippen molar-refractivity contribution in [1.29, 1.82) is 0 Å². The topological polar surface area (TPSA) is 52.9 Å². The molecule has 0 saturated heterocycles. The summed E-state index contributed by atoms with van der Waals surface area (Å²) in [6.45, 7) is 1.93. The highest BCUT2D eigenvalue weighted by Gasteiger charge is 2.24. The van der Waals surface area contributed by atoms with Gasteiger partial charge in [-0.2, -0.15) is 0 Å². The van der Waals surface area contributed by atoms with Gasteiger partial charge in [0.15, 0.2) is 0 Å². The van der Waals surface area contributed by atoms with Gasteiger partial charge in [0.25, 0.3) is 0 Å². The summed E-state index contributed by atoms with van der Waals surface area (Å²) < 4.78 is 5.71. The summed E-state index contributed by atoms with van der Waals surface area (Å²) in [5.74, 6) is 0.316. The SMILES string of the molecule is Oc1ccccc1CN(CC(O)COCc1ccc(Cl)cc1)C1CCCCC1. The maximum atomic E-state index is 10.6. The molecule has 1 aliphatic carbocycles. The number of phenolic OH excluding ortho intramolecular Hbond substituents is 1. The summed E-state index contributed by atoms with van der Waals surface area (Å²) in [5, 5.41) is 21.4. The number of hydrogen-bond donors (Lipinski definition) is 2. The highest BCUT2D eigenvalue weighted by molar-refractivity contribution is 6.30. The lowest BCUT2D eigenvalue weighted by Gasteiger charge is -2.35. The summed E-state index contributed by atoms with van der Waals surface area (Å²) >= 11 is 5.90. The zero-order valence-electron chi connectivity index (χ0n) is 16.3. The Labute approximate surface area is 172 Å². The number of halogens is 1. The average molecular weight is 404 g/mol. The minimum atomic E-state index is -0.569. The molecule has 0 aliphatic heterocycles. The van der Waals surface area contributed by atoms with Gasteiger partial charge in [0.05, 0.1) is 19.3 Å². The van der Waals surface area contributed by atoms with E-state index in [-0.39, 0.29) is 6.61 Å². The van der Waals surface area contributed by atoms with Crippen LogP contribution in [0.4, 0.5) is 0 Å². The molecule has 2 aromatic carbocycles. The number of aliphatic hydroxyl groups excluding tert-OH is 1. The zero-order valence-corrected chi connectivity index (χ0v) is 17.0. The Bertz CT molecular complexity index is 716. The third-order valence-electron chi connectivity index (χ3n) is 5.39. The first-order valence-electron chi connectivity index (χ1n) is 10.1. The van der Waals surface area contributed by atoms with Crippen molar-refractivity contribution >= 4 is 11.6 Å². The van der Waals surface area contributed by atoms with Crippen LogP contribution < -0.4 is 0 Å². The molecule has 2 N–H and O–H groups in total. The smallest absolute Gasteiger partial charge is 0.120 e. The van der Waals surface area contributed by atoms with Crippen molar-refractivity contribution in [2.45, 2.75) is 57.4 Å². The minimum Gasteiger partial charge on any atom is -0.508 e. The Hall–Kier alpha value is -1.59. The summed E-state index contributed by atoms with van der Waals surface area (Å²) in [6, 6.07) is 15.4. The average Bonchev–Trinajstić information content (AvgIpc) is 2.71. The number of aliphatic hydroxyl groups is 1. The van der Waals surface area contributed by atoms with Gasteiger partial charge in [0.2, 0.25) is 0 Å². The molecule has 2 aromatic rings. The Morgan fingerprint density at radius 3 is 2.46 bits per heavy atom. The number of aromatic hydroxyl groups is 1. The van der Waals surface area contributed by atoms with E-state index in [1.807, 2.05) is 42.5 Å². The van der Waals surface area contributed by atoms with Crippen molar-refractivity contribution in [2.24, 2.45) is 0 Å². The van der Waals surface area contributed by atoms with E-state index in [2.05, 4.69) is 4.90 Å². The van der Waals surface area contributed by atoms with E-state index in [4.69, 9.17) is 16.3 Å². The van der Waals surface area contributed by atoms with Gasteiger partial charge < -0.3 is 14.9 Å². The Morgan fingerprint density at radius 1 is 1.04 bits per heavy atom. The molecule has 0 aromatic heterocycles. The molecule has 1 aliphatic rings. The molecule has 1 atom stereocenters. The number of para-hydroxylation sites is 1. The number of ether oxygens (including phenoxy) is 1. The maximum absolute atomic E-state index is 10.6. The summed E-state index contributed by atoms with van der Waals surface area (Å²) in [7, 11) is 0. The summed E-state index contributed by atoms with van der Waals surface area (Å²) in [6.07, 6.45) is 5.46. The predicted molar refractivity (Wildman–Crippen MR) is 113 cm³/mol. The van der Waals surface area contributed by atoms with Crippen LogP contribution in [0.15, 0.2) is 48.5 Å². The molecule has 0 heterocycles. The van der Waals surface area contributed by atoms with Crippen LogP contribution >= 0.6 is 11.6 Å². The lowest BCUT2D eigenvalue weighted by molar-refractivity contribution is -0.00350. The quantitative estimate of drug-likeness (QED) is 0.633. The highest BCUT2D eigenvalue weighted by Crippen LogP contribution is 2.26. The van der Waals surface area contributed by atoms with Crippen molar-refractivity contribution < 1.29 is 14.9 Å². The van der Waals surface area contributed by atoms with Gasteiger partial charge in [-0.25, -0.2) is 0 Å². The number of phenols is 1. The minimum absolute atomic E-state index is 0.284. The standard InChI is InChI=1S/C23H30ClNO3/c24-20-12-10-18(11-13-20)16-28-17-22(26)15-25(21-7-2-1-3-8-21)14-19-6-4-5-9-23(19)27/h4-6,9-13,21-22,26-27H,1-3,7-8,14-17H2. The molecule has 1 unspecified atom stereocenters. The first-order valence-corrected chi connectivity index (χ1v) is 10.5. The Morgan fingerprint density at radius 2 is 1.75 bits per heavy atom. The van der Waals surface area contributed by atoms with Gasteiger partial charge in [-0.3, -0.25) is 4.90 Å². The molecular weight excluding hydrogens is 374 g/mol. The first kappa shape index (κ1) is 21.1. The molecule has 0 spiro atoms. The molecule has 28 heavy (non-hydrogen) atoms. The fourth-order valence-corrected chi connectivity index (χ4v) is 4.00. The van der Waals surface area contributed by atoms with Crippen LogP contribution in [0.25, 0.3) is 0 Å². The van der Waals surface area contributed by atoms with Crippen molar-refractivity contribution in [1.82, 2.24) is 4.90 Å². The first-order chi connectivity index (χ1) is 13.6. The molecule has 152 valence electrons. The molecule has 1 saturated carbocycles. The third-order valence-corrected chi connectivity index (χ3v) is 5.65. The monoisotopic (exact) mass is 403 g/mol. The third kappa shape index (κ3) is 6.49. The van der Waals surface area contributed by atoms with Gasteiger partial charge in [0.1, 0.15) is 5.75 Å². The van der Waals surface area contributed by atoms with E-state index in [1.165, 1.54) is 19.3 Å². The molecular formula is C23H30ClNO3. The summed E-state index contributed by atoms with van der Waals surface area (Å²) in [5.41, 5.74) is 1.94. The normalized spacial score (nSPS) is 16.4. The predicted octanol–water partition coefficient (Wildman–Crippen LogP) is 4.76. The molecule has 0 bridgehead atoms. The Kier molecular flexibility index (Phi) is 8.16. The van der Waals surface area contributed by atoms with E-state index >= 15 is 0 Å². The Balaban J connectivity index is 1.55. The lowest BCUT2D eigenvalue weighted by Crippen LogP contribution is -2.42. The van der Waals surface area contributed by atoms with Gasteiger partial charge in [-0.1, -0.05) is 61.2 Å². The van der Waals surface area contributed by atoms with Crippen LogP contribution in [0.3, 0.4) is 0 Å². The molecule has 5 heteroatoms. The number of benzene rings is 2. The van der Waals surface area contributed by atoms with Crippen LogP contribution in [-0.4, -0.2) is 40.4 Å². The zero-order chi connectivity index (χ0) is 19.8. The van der Waals surface area contributed by atoms with Gasteiger partial charge in [-0.05, 0) is 36.6 Å². The second kappa shape index (κ2) is 10.8. The van der Waals surface area contributed by atoms with E-state index < -0.39 is 6.10 Å². The lowest BCUT2D eigenvalue weighted by atomic mass is 9.93. The van der Waals surface area contributed by atoms with Crippen molar-refractivity contribution in [2.75, 3.05) is 13.2 Å². The van der Waals surface area contributed by atoms with Crippen molar-refractivity contribution in [3.05, 3.63) is 64.7 Å². The van der Waals surface area contributed by atoms with E-state index in [9.17, 15) is 10.2 Å². The van der Waals surface area contributed by atoms with Crippen LogP contribution in [0, 0.1) is 0 Å². The highest BCUT2D eigenvalue weighted by atomic mass is 35.5. The summed E-state index contributed by atoms with van der Waals surface area (Å²) in [4.78, 5) is 2.31. The van der Waals surface area contributed by atoms with E-state index in [0.717, 1.165) is 24.0 Å². The van der Waals surface area contributed by atoms with Crippen molar-refractivity contribution in [3.8, 4) is 5.75 Å². The van der Waals surface area contributed by atoms with Crippen molar-refractivity contribution in [3.63, 3.8) is 0 Å². The van der Waals surface area contributed by atoms with Crippen LogP contribution in [0.2, 0.25) is 5.02 Å². The molecule has 0 amide bonds. The van der Waals surface area contributed by atoms with E-state index in [1.54, 1.807) is 6.07 Å². The second-order valence-electron chi connectivity index (χ2n) is 7.65. The van der Waals surface area contributed by atoms with Gasteiger partial charge >= 0.3 is 0 Å². The number of rotatable bonds is 9. The second-order valence-corrected chi connectivity index (χ2v) is 8.08. The van der Waals surface area contributed by atoms with Crippen LogP contribution in [0.5, 0.6) is 5.75 Å². The maximum Gasteiger partial charge on any atom is 0.120 e. The largest absolute Gasteiger partial charge is 0.508 e. The van der Waals surface area contributed by atoms with Gasteiger partial charge in [0, 0.05) is 29.7 Å². The van der Waals surface area contributed by atoms with E-state index in [0.29, 0.717) is 36.5 Å². The molecule has 1 fully saturated rings. The molecule has 4 nitrogen and oxygen atoms in total.